The first-order chi connectivity index (χ1) is 11.1. The van der Waals surface area contributed by atoms with Gasteiger partial charge in [0.1, 0.15) is 11.8 Å². The molecule has 0 bridgehead atoms. The Morgan fingerprint density at radius 2 is 1.96 bits per heavy atom. The molecule has 6 heteroatoms. The van der Waals surface area contributed by atoms with Gasteiger partial charge in [-0.05, 0) is 32.3 Å². The maximum absolute atomic E-state index is 12.5. The highest BCUT2D eigenvalue weighted by Crippen LogP contribution is 2.19. The second-order valence-corrected chi connectivity index (χ2v) is 5.75. The summed E-state index contributed by atoms with van der Waals surface area (Å²) >= 11 is 0. The number of nitrogens with zero attached hydrogens (tertiary/aromatic N) is 2. The molecule has 0 saturated carbocycles. The zero-order valence-corrected chi connectivity index (χ0v) is 13.2. The van der Waals surface area contributed by atoms with Crippen LogP contribution in [0.15, 0.2) is 34.9 Å². The first-order valence-corrected chi connectivity index (χ1v) is 7.64. The van der Waals surface area contributed by atoms with Gasteiger partial charge in [-0.15, -0.1) is 0 Å². The summed E-state index contributed by atoms with van der Waals surface area (Å²) in [6.07, 6.45) is 1.34. The Morgan fingerprint density at radius 3 is 2.61 bits per heavy atom. The fourth-order valence-electron chi connectivity index (χ4n) is 2.76. The Bertz CT molecular complexity index is 704. The summed E-state index contributed by atoms with van der Waals surface area (Å²) in [5, 5.41) is 6.62. The van der Waals surface area contributed by atoms with Crippen molar-refractivity contribution in [3.8, 4) is 0 Å². The van der Waals surface area contributed by atoms with Gasteiger partial charge in [0.25, 0.3) is 5.91 Å². The minimum absolute atomic E-state index is 0.189. The lowest BCUT2D eigenvalue weighted by molar-refractivity contribution is -0.128. The number of nitrogens with one attached hydrogen (secondary N) is 1. The van der Waals surface area contributed by atoms with Gasteiger partial charge < -0.3 is 9.84 Å². The van der Waals surface area contributed by atoms with Crippen LogP contribution in [0.1, 0.15) is 29.0 Å². The number of rotatable bonds is 5. The van der Waals surface area contributed by atoms with Gasteiger partial charge in [-0.1, -0.05) is 35.5 Å². The maximum atomic E-state index is 12.5. The molecule has 0 radical (unpaired) electrons. The Labute approximate surface area is 134 Å². The van der Waals surface area contributed by atoms with Crippen molar-refractivity contribution in [3.63, 3.8) is 0 Å². The van der Waals surface area contributed by atoms with E-state index in [0.717, 1.165) is 17.5 Å². The van der Waals surface area contributed by atoms with Crippen molar-refractivity contribution in [3.05, 3.63) is 52.9 Å². The zero-order valence-electron chi connectivity index (χ0n) is 13.2. The number of imide groups is 1. The number of carbonyl (C=O) groups is 2. The number of carbonyl (C=O) groups excluding carboxylic acids is 2. The van der Waals surface area contributed by atoms with Crippen LogP contribution in [-0.2, 0) is 17.8 Å². The Kier molecular flexibility index (Phi) is 4.14. The molecule has 1 fully saturated rings. The van der Waals surface area contributed by atoms with E-state index in [4.69, 9.17) is 4.52 Å². The van der Waals surface area contributed by atoms with E-state index < -0.39 is 6.04 Å². The maximum Gasteiger partial charge on any atom is 0.325 e. The minimum atomic E-state index is -0.469. The lowest BCUT2D eigenvalue weighted by Crippen LogP contribution is -2.31. The van der Waals surface area contributed by atoms with E-state index in [2.05, 4.69) is 10.5 Å². The molecule has 0 spiro atoms. The molecular weight excluding hydrogens is 294 g/mol. The smallest absolute Gasteiger partial charge is 0.325 e. The van der Waals surface area contributed by atoms with Gasteiger partial charge in [-0.3, -0.25) is 9.69 Å². The number of hydrogen-bond donors (Lipinski definition) is 1. The molecular formula is C17H19N3O3. The summed E-state index contributed by atoms with van der Waals surface area (Å²) in [6.45, 7) is 3.78. The molecule has 3 amide bonds. The van der Waals surface area contributed by atoms with E-state index in [9.17, 15) is 9.59 Å². The highest BCUT2D eigenvalue weighted by Gasteiger charge is 2.38. The molecule has 1 aromatic heterocycles. The topological polar surface area (TPSA) is 75.4 Å². The van der Waals surface area contributed by atoms with Crippen molar-refractivity contribution >= 4 is 11.9 Å². The molecule has 3 rings (SSSR count). The summed E-state index contributed by atoms with van der Waals surface area (Å²) in [4.78, 5) is 25.8. The van der Waals surface area contributed by atoms with Gasteiger partial charge in [0, 0.05) is 5.56 Å². The third kappa shape index (κ3) is 3.11. The Hall–Kier alpha value is -2.63. The second-order valence-electron chi connectivity index (χ2n) is 5.75. The lowest BCUT2D eigenvalue weighted by Gasteiger charge is -2.12. The predicted octanol–water partition coefficient (Wildman–Crippen LogP) is 2.34. The summed E-state index contributed by atoms with van der Waals surface area (Å²) in [5.74, 6) is 0.446. The molecule has 6 nitrogen and oxygen atoms in total. The minimum Gasteiger partial charge on any atom is -0.361 e. The van der Waals surface area contributed by atoms with Gasteiger partial charge in [0.2, 0.25) is 0 Å². The molecule has 1 atom stereocenters. The average Bonchev–Trinajstić information content (AvgIpc) is 3.01. The first kappa shape index (κ1) is 15.3. The number of hydrogen-bond acceptors (Lipinski definition) is 4. The van der Waals surface area contributed by atoms with Crippen LogP contribution in [0.5, 0.6) is 0 Å². The van der Waals surface area contributed by atoms with Crippen LogP contribution in [0.25, 0.3) is 0 Å². The fourth-order valence-corrected chi connectivity index (χ4v) is 2.76. The highest BCUT2D eigenvalue weighted by molar-refractivity contribution is 6.04. The Morgan fingerprint density at radius 1 is 1.22 bits per heavy atom. The van der Waals surface area contributed by atoms with Crippen LogP contribution in [0, 0.1) is 13.8 Å². The molecule has 1 N–H and O–H groups in total. The van der Waals surface area contributed by atoms with Crippen LogP contribution in [0.4, 0.5) is 4.79 Å². The lowest BCUT2D eigenvalue weighted by atomic mass is 10.1. The van der Waals surface area contributed by atoms with Crippen molar-refractivity contribution in [2.45, 2.75) is 39.3 Å². The number of aryl methyl sites for hydroxylation is 3. The van der Waals surface area contributed by atoms with Crippen LogP contribution in [0.3, 0.4) is 0 Å². The molecule has 2 aromatic rings. The van der Waals surface area contributed by atoms with E-state index in [0.29, 0.717) is 17.9 Å². The van der Waals surface area contributed by atoms with Crippen molar-refractivity contribution < 1.29 is 14.1 Å². The van der Waals surface area contributed by atoms with Crippen molar-refractivity contribution in [2.24, 2.45) is 0 Å². The normalized spacial score (nSPS) is 17.7. The predicted molar refractivity (Wildman–Crippen MR) is 83.6 cm³/mol. The van der Waals surface area contributed by atoms with Gasteiger partial charge >= 0.3 is 6.03 Å². The van der Waals surface area contributed by atoms with Gasteiger partial charge in [-0.25, -0.2) is 4.79 Å². The van der Waals surface area contributed by atoms with Crippen molar-refractivity contribution in [1.82, 2.24) is 15.4 Å². The first-order valence-electron chi connectivity index (χ1n) is 7.64. The molecule has 120 valence electrons. The van der Waals surface area contributed by atoms with E-state index in [-0.39, 0.29) is 18.5 Å². The van der Waals surface area contributed by atoms with Gasteiger partial charge in [-0.2, -0.15) is 0 Å². The number of amides is 3. The van der Waals surface area contributed by atoms with Crippen LogP contribution in [-0.4, -0.2) is 28.0 Å². The second kappa shape index (κ2) is 6.24. The largest absolute Gasteiger partial charge is 0.361 e. The van der Waals surface area contributed by atoms with Crippen molar-refractivity contribution in [1.29, 1.82) is 0 Å². The van der Waals surface area contributed by atoms with Gasteiger partial charge in [0.05, 0.1) is 12.2 Å². The third-order valence-corrected chi connectivity index (χ3v) is 4.17. The number of benzene rings is 1. The van der Waals surface area contributed by atoms with E-state index in [1.54, 1.807) is 13.8 Å². The average molecular weight is 313 g/mol. The molecule has 1 saturated heterocycles. The standard InChI is InChI=1S/C17H19N3O3/c1-11-14(12(2)23-19-11)10-20-16(21)15(18-17(20)22)9-8-13-6-4-3-5-7-13/h3-7,15H,8-10H2,1-2H3,(H,18,22). The molecule has 1 unspecified atom stereocenters. The quantitative estimate of drug-likeness (QED) is 0.860. The molecule has 1 aromatic carbocycles. The summed E-state index contributed by atoms with van der Waals surface area (Å²) < 4.78 is 5.09. The third-order valence-electron chi connectivity index (χ3n) is 4.17. The molecule has 2 heterocycles. The summed E-state index contributed by atoms with van der Waals surface area (Å²) in [7, 11) is 0. The van der Waals surface area contributed by atoms with Crippen LogP contribution < -0.4 is 5.32 Å². The highest BCUT2D eigenvalue weighted by atomic mass is 16.5. The fraction of sp³-hybridized carbons (Fsp3) is 0.353. The number of urea groups is 1. The summed E-state index contributed by atoms with van der Waals surface area (Å²) in [5.41, 5.74) is 2.65. The SMILES string of the molecule is Cc1noc(C)c1CN1C(=O)NC(CCc2ccccc2)C1=O. The summed E-state index contributed by atoms with van der Waals surface area (Å²) in [6, 6.07) is 9.10. The molecule has 1 aliphatic heterocycles. The molecule has 0 aliphatic carbocycles. The van der Waals surface area contributed by atoms with E-state index in [1.807, 2.05) is 30.3 Å². The van der Waals surface area contributed by atoms with Crippen molar-refractivity contribution in [2.75, 3.05) is 0 Å². The Balaban J connectivity index is 1.65. The van der Waals surface area contributed by atoms with Crippen LogP contribution in [0.2, 0.25) is 0 Å². The van der Waals surface area contributed by atoms with Crippen LogP contribution >= 0.6 is 0 Å². The van der Waals surface area contributed by atoms with E-state index >= 15 is 0 Å². The number of aromatic nitrogens is 1. The van der Waals surface area contributed by atoms with Gasteiger partial charge in [0.15, 0.2) is 0 Å². The molecule has 1 aliphatic rings. The van der Waals surface area contributed by atoms with E-state index in [1.165, 1.54) is 4.90 Å². The zero-order chi connectivity index (χ0) is 16.4. The molecule has 23 heavy (non-hydrogen) atoms. The monoisotopic (exact) mass is 313 g/mol.